The fraction of sp³-hybridized carbons (Fsp3) is 1.00. The molecule has 0 aliphatic heterocycles. The number of rotatable bonds is 11. The van der Waals surface area contributed by atoms with Gasteiger partial charge in [0, 0.05) is 13.0 Å². The Bertz CT molecular complexity index is 504. The van der Waals surface area contributed by atoms with E-state index in [4.69, 9.17) is 4.80 Å². The minimum Gasteiger partial charge on any atom is -0.432 e. The highest BCUT2D eigenvalue weighted by atomic mass is 28.3. The average molecular weight is 465 g/mol. The molecular weight excluding hydrogens is 451 g/mol. The standard InChI is InChI=1S/C12H14F13O2Si/c1-28(26)6-2-4-27-5-3-7(13,14)8(15,16)9(17,18)10(19,20)11(21,22)12(23,24)25/h26H,2-6H2,1H3. The maximum Gasteiger partial charge on any atom is 0.460 e. The number of ether oxygens (including phenoxy) is 1. The molecule has 0 amide bonds. The Hall–Kier alpha value is -0.773. The lowest BCUT2D eigenvalue weighted by atomic mass is 9.93. The summed E-state index contributed by atoms with van der Waals surface area (Å²) in [6.45, 7) is -0.404. The molecule has 0 spiro atoms. The Morgan fingerprint density at radius 3 is 1.50 bits per heavy atom. The molecule has 0 aromatic carbocycles. The summed E-state index contributed by atoms with van der Waals surface area (Å²) in [6, 6.07) is 0.175. The molecule has 169 valence electrons. The van der Waals surface area contributed by atoms with E-state index in [1.54, 1.807) is 0 Å². The number of halogens is 13. The van der Waals surface area contributed by atoms with E-state index in [1.807, 2.05) is 0 Å². The Kier molecular flexibility index (Phi) is 8.30. The maximum absolute atomic E-state index is 13.3. The molecule has 0 bridgehead atoms. The third-order valence-electron chi connectivity index (χ3n) is 3.39. The van der Waals surface area contributed by atoms with Crippen LogP contribution in [0, 0.1) is 0 Å². The number of alkyl halides is 13. The molecule has 0 unspecified atom stereocenters. The summed E-state index contributed by atoms with van der Waals surface area (Å²) in [6.07, 6.45) is -9.73. The van der Waals surface area contributed by atoms with Crippen molar-refractivity contribution in [3.8, 4) is 0 Å². The van der Waals surface area contributed by atoms with E-state index in [2.05, 4.69) is 4.74 Å². The van der Waals surface area contributed by atoms with Gasteiger partial charge in [0.05, 0.1) is 6.61 Å². The van der Waals surface area contributed by atoms with Crippen molar-refractivity contribution in [3.05, 3.63) is 0 Å². The number of hydrogen-bond donors (Lipinski definition) is 1. The van der Waals surface area contributed by atoms with Gasteiger partial charge in [0.15, 0.2) is 0 Å². The van der Waals surface area contributed by atoms with Crippen molar-refractivity contribution in [2.24, 2.45) is 0 Å². The van der Waals surface area contributed by atoms with Crippen molar-refractivity contribution >= 4 is 9.04 Å². The predicted octanol–water partition coefficient (Wildman–Crippen LogP) is 5.14. The summed E-state index contributed by atoms with van der Waals surface area (Å²) in [5.74, 6) is -36.8. The van der Waals surface area contributed by atoms with Crippen LogP contribution >= 0.6 is 0 Å². The lowest BCUT2D eigenvalue weighted by molar-refractivity contribution is -0.440. The molecule has 28 heavy (non-hydrogen) atoms. The van der Waals surface area contributed by atoms with E-state index in [0.29, 0.717) is 0 Å². The molecule has 0 rings (SSSR count). The van der Waals surface area contributed by atoms with Crippen molar-refractivity contribution in [1.29, 1.82) is 0 Å². The van der Waals surface area contributed by atoms with Gasteiger partial charge in [0.1, 0.15) is 0 Å². The van der Waals surface area contributed by atoms with Gasteiger partial charge in [0.25, 0.3) is 0 Å². The minimum atomic E-state index is -7.88. The second kappa shape index (κ2) is 8.53. The molecule has 1 radical (unpaired) electrons. The van der Waals surface area contributed by atoms with Gasteiger partial charge in [-0.25, -0.2) is 0 Å². The molecule has 0 aliphatic rings. The van der Waals surface area contributed by atoms with Crippen molar-refractivity contribution in [1.82, 2.24) is 0 Å². The quantitative estimate of drug-likeness (QED) is 0.260. The van der Waals surface area contributed by atoms with E-state index >= 15 is 0 Å². The zero-order valence-corrected chi connectivity index (χ0v) is 14.8. The van der Waals surface area contributed by atoms with Crippen LogP contribution in [-0.2, 0) is 4.74 Å². The monoisotopic (exact) mass is 465 g/mol. The molecule has 0 saturated heterocycles. The van der Waals surface area contributed by atoms with Crippen molar-refractivity contribution in [2.45, 2.75) is 61.2 Å². The smallest absolute Gasteiger partial charge is 0.432 e. The molecule has 0 aliphatic carbocycles. The van der Waals surface area contributed by atoms with Gasteiger partial charge in [-0.1, -0.05) is 0 Å². The largest absolute Gasteiger partial charge is 0.460 e. The Balaban J connectivity index is 5.40. The van der Waals surface area contributed by atoms with Crippen LogP contribution < -0.4 is 0 Å². The first kappa shape index (κ1) is 27.2. The van der Waals surface area contributed by atoms with Crippen LogP contribution in [0.3, 0.4) is 0 Å². The van der Waals surface area contributed by atoms with Crippen LogP contribution in [0.5, 0.6) is 0 Å². The van der Waals surface area contributed by atoms with Crippen molar-refractivity contribution in [2.75, 3.05) is 13.2 Å². The third kappa shape index (κ3) is 5.04. The topological polar surface area (TPSA) is 29.5 Å². The van der Waals surface area contributed by atoms with E-state index in [1.165, 1.54) is 6.55 Å². The molecule has 0 fully saturated rings. The SMILES string of the molecule is C[Si](O)CCCOCCC(F)(F)C(F)(F)C(F)(F)C(F)(F)C(F)(F)C(F)(F)F. The average Bonchev–Trinajstić information content (AvgIpc) is 2.48. The van der Waals surface area contributed by atoms with Crippen LogP contribution in [0.15, 0.2) is 0 Å². The van der Waals surface area contributed by atoms with E-state index < -0.39 is 64.5 Å². The molecule has 0 saturated carbocycles. The first-order valence-electron chi connectivity index (χ1n) is 7.21. The van der Waals surface area contributed by atoms with Crippen LogP contribution in [0.4, 0.5) is 57.1 Å². The zero-order valence-electron chi connectivity index (χ0n) is 13.8. The Labute approximate surface area is 151 Å². The van der Waals surface area contributed by atoms with Gasteiger partial charge >= 0.3 is 35.8 Å². The van der Waals surface area contributed by atoms with E-state index in [0.717, 1.165) is 0 Å². The van der Waals surface area contributed by atoms with E-state index in [9.17, 15) is 57.1 Å². The van der Waals surface area contributed by atoms with Crippen LogP contribution in [-0.4, -0.2) is 62.8 Å². The molecule has 0 heterocycles. The van der Waals surface area contributed by atoms with Crippen LogP contribution in [0.1, 0.15) is 12.8 Å². The first-order chi connectivity index (χ1) is 12.2. The summed E-state index contributed by atoms with van der Waals surface area (Å²) in [5.41, 5.74) is 0. The van der Waals surface area contributed by atoms with Gasteiger partial charge in [-0.3, -0.25) is 0 Å². The van der Waals surface area contributed by atoms with Crippen LogP contribution in [0.2, 0.25) is 12.6 Å². The highest BCUT2D eigenvalue weighted by molar-refractivity contribution is 6.48. The summed E-state index contributed by atoms with van der Waals surface area (Å²) in [7, 11) is -1.73. The van der Waals surface area contributed by atoms with Gasteiger partial charge < -0.3 is 9.53 Å². The fourth-order valence-electron chi connectivity index (χ4n) is 1.69. The molecular formula is C12H14F13O2Si. The fourth-order valence-corrected chi connectivity index (χ4v) is 2.35. The molecule has 0 atom stereocenters. The highest BCUT2D eigenvalue weighted by Crippen LogP contribution is 2.60. The van der Waals surface area contributed by atoms with Crippen LogP contribution in [0.25, 0.3) is 0 Å². The summed E-state index contributed by atoms with van der Waals surface area (Å²) < 4.78 is 171. The summed E-state index contributed by atoms with van der Waals surface area (Å²) in [5, 5.41) is 0. The lowest BCUT2D eigenvalue weighted by Gasteiger charge is -2.39. The summed E-state index contributed by atoms with van der Waals surface area (Å²) >= 11 is 0. The number of hydrogen-bond acceptors (Lipinski definition) is 2. The lowest BCUT2D eigenvalue weighted by Crippen LogP contribution is -2.70. The van der Waals surface area contributed by atoms with Crippen molar-refractivity contribution < 1.29 is 66.6 Å². The highest BCUT2D eigenvalue weighted by Gasteiger charge is 2.90. The Morgan fingerprint density at radius 2 is 1.11 bits per heavy atom. The molecule has 16 heteroatoms. The van der Waals surface area contributed by atoms with Gasteiger partial charge in [0.2, 0.25) is 9.04 Å². The van der Waals surface area contributed by atoms with Gasteiger partial charge in [-0.15, -0.1) is 0 Å². The molecule has 2 nitrogen and oxygen atoms in total. The molecule has 0 aromatic rings. The molecule has 1 N–H and O–H groups in total. The first-order valence-corrected chi connectivity index (χ1v) is 9.37. The minimum absolute atomic E-state index is 0.0509. The zero-order chi connectivity index (χ0) is 22.8. The Morgan fingerprint density at radius 1 is 0.679 bits per heavy atom. The van der Waals surface area contributed by atoms with Gasteiger partial charge in [-0.2, -0.15) is 57.1 Å². The summed E-state index contributed by atoms with van der Waals surface area (Å²) in [4.78, 5) is 8.96. The van der Waals surface area contributed by atoms with Gasteiger partial charge in [-0.05, 0) is 19.0 Å². The molecule has 0 aromatic heterocycles. The second-order valence-corrected chi connectivity index (χ2v) is 7.67. The second-order valence-electron chi connectivity index (χ2n) is 5.70. The van der Waals surface area contributed by atoms with E-state index in [-0.39, 0.29) is 12.5 Å². The third-order valence-corrected chi connectivity index (χ3v) is 4.46. The predicted molar refractivity (Wildman–Crippen MR) is 69.5 cm³/mol. The normalized spacial score (nSPS) is 15.4. The van der Waals surface area contributed by atoms with Crippen molar-refractivity contribution in [3.63, 3.8) is 0 Å². The maximum atomic E-state index is 13.3.